The van der Waals surface area contributed by atoms with E-state index in [1.807, 2.05) is 13.0 Å². The molecule has 2 aliphatic rings. The molecule has 0 saturated carbocycles. The smallest absolute Gasteiger partial charge is 0.187 e. The third kappa shape index (κ3) is 5.67. The summed E-state index contributed by atoms with van der Waals surface area (Å²) < 4.78 is 21.7. The van der Waals surface area contributed by atoms with Crippen molar-refractivity contribution in [3.05, 3.63) is 12.2 Å². The Kier molecular flexibility index (Phi) is 9.02. The van der Waals surface area contributed by atoms with Gasteiger partial charge in [0.25, 0.3) is 0 Å². The average molecular weight is 394 g/mol. The molecule has 0 aliphatic carbocycles. The van der Waals surface area contributed by atoms with Crippen LogP contribution in [0.1, 0.15) is 19.8 Å². The van der Waals surface area contributed by atoms with Gasteiger partial charge in [0, 0.05) is 0 Å². The van der Waals surface area contributed by atoms with Gasteiger partial charge in [-0.2, -0.15) is 0 Å². The Hall–Kier alpha value is -0.660. The SMILES string of the molecule is CCC/C=C/CO[C@H]1OC[C@H](O)[C@H](O)[C@H]1O[C@@H]1O[C@H](CO)[C@@H](O)[C@H](O)[C@H]1O. The lowest BCUT2D eigenvalue weighted by atomic mass is 9.99. The van der Waals surface area contributed by atoms with E-state index in [2.05, 4.69) is 0 Å². The molecule has 6 N–H and O–H groups in total. The predicted molar refractivity (Wildman–Crippen MR) is 90.4 cm³/mol. The molecule has 158 valence electrons. The zero-order valence-electron chi connectivity index (χ0n) is 15.2. The Morgan fingerprint density at radius 2 is 1.70 bits per heavy atom. The Balaban J connectivity index is 2.03. The Morgan fingerprint density at radius 1 is 0.963 bits per heavy atom. The van der Waals surface area contributed by atoms with E-state index in [0.29, 0.717) is 0 Å². The number of hydrogen-bond donors (Lipinski definition) is 6. The number of unbranched alkanes of at least 4 members (excludes halogenated alkanes) is 1. The van der Waals surface area contributed by atoms with Crippen LogP contribution >= 0.6 is 0 Å². The quantitative estimate of drug-likeness (QED) is 0.246. The number of hydrogen-bond acceptors (Lipinski definition) is 10. The third-order valence-electron chi connectivity index (χ3n) is 4.55. The van der Waals surface area contributed by atoms with Crippen molar-refractivity contribution in [3.63, 3.8) is 0 Å². The molecule has 2 rings (SSSR count). The Labute approximate surface area is 157 Å². The molecule has 0 aromatic rings. The molecule has 9 atom stereocenters. The lowest BCUT2D eigenvalue weighted by Crippen LogP contribution is -2.63. The molecule has 0 aromatic heterocycles. The summed E-state index contributed by atoms with van der Waals surface area (Å²) in [6, 6.07) is 0. The number of aliphatic hydroxyl groups is 6. The topological polar surface area (TPSA) is 158 Å². The molecule has 10 nitrogen and oxygen atoms in total. The molecule has 0 aromatic carbocycles. The molecule has 0 unspecified atom stereocenters. The zero-order valence-corrected chi connectivity index (χ0v) is 15.2. The number of rotatable bonds is 8. The van der Waals surface area contributed by atoms with Crippen molar-refractivity contribution in [3.8, 4) is 0 Å². The van der Waals surface area contributed by atoms with E-state index in [-0.39, 0.29) is 13.2 Å². The summed E-state index contributed by atoms with van der Waals surface area (Å²) in [7, 11) is 0. The highest BCUT2D eigenvalue weighted by molar-refractivity contribution is 4.92. The van der Waals surface area contributed by atoms with Crippen molar-refractivity contribution in [2.45, 2.75) is 75.1 Å². The summed E-state index contributed by atoms with van der Waals surface area (Å²) in [4.78, 5) is 0. The largest absolute Gasteiger partial charge is 0.394 e. The van der Waals surface area contributed by atoms with Gasteiger partial charge in [0.2, 0.25) is 0 Å². The van der Waals surface area contributed by atoms with Crippen molar-refractivity contribution < 1.29 is 49.6 Å². The maximum Gasteiger partial charge on any atom is 0.187 e. The molecule has 27 heavy (non-hydrogen) atoms. The summed E-state index contributed by atoms with van der Waals surface area (Å²) in [5.74, 6) is 0. The summed E-state index contributed by atoms with van der Waals surface area (Å²) >= 11 is 0. The molecule has 0 amide bonds. The number of ether oxygens (including phenoxy) is 4. The first-order valence-corrected chi connectivity index (χ1v) is 9.11. The van der Waals surface area contributed by atoms with Gasteiger partial charge in [-0.15, -0.1) is 0 Å². The molecule has 0 spiro atoms. The summed E-state index contributed by atoms with van der Waals surface area (Å²) in [5.41, 5.74) is 0. The number of aliphatic hydroxyl groups excluding tert-OH is 6. The third-order valence-corrected chi connectivity index (χ3v) is 4.55. The van der Waals surface area contributed by atoms with E-state index in [1.54, 1.807) is 6.08 Å². The summed E-state index contributed by atoms with van der Waals surface area (Å²) in [6.07, 6.45) is -6.74. The fourth-order valence-electron chi connectivity index (χ4n) is 2.89. The van der Waals surface area contributed by atoms with E-state index in [9.17, 15) is 30.6 Å². The monoisotopic (exact) mass is 394 g/mol. The molecule has 10 heteroatoms. The van der Waals surface area contributed by atoms with Crippen LogP contribution in [0.4, 0.5) is 0 Å². The van der Waals surface area contributed by atoms with Gasteiger partial charge < -0.3 is 49.6 Å². The molecule has 2 aliphatic heterocycles. The van der Waals surface area contributed by atoms with Crippen molar-refractivity contribution in [2.24, 2.45) is 0 Å². The van der Waals surface area contributed by atoms with Gasteiger partial charge in [-0.05, 0) is 6.42 Å². The molecule has 2 saturated heterocycles. The normalized spacial score (nSPS) is 43.3. The first-order valence-electron chi connectivity index (χ1n) is 9.11. The van der Waals surface area contributed by atoms with Crippen LogP contribution < -0.4 is 0 Å². The predicted octanol–water partition coefficient (Wildman–Crippen LogP) is -2.38. The molecule has 2 fully saturated rings. The van der Waals surface area contributed by atoms with Gasteiger partial charge in [-0.1, -0.05) is 25.5 Å². The van der Waals surface area contributed by atoms with Crippen molar-refractivity contribution in [1.82, 2.24) is 0 Å². The van der Waals surface area contributed by atoms with E-state index in [0.717, 1.165) is 12.8 Å². The molecular formula is C17H30O10. The van der Waals surface area contributed by atoms with Gasteiger partial charge in [0.15, 0.2) is 12.6 Å². The fourth-order valence-corrected chi connectivity index (χ4v) is 2.89. The average Bonchev–Trinajstić information content (AvgIpc) is 2.66. The van der Waals surface area contributed by atoms with Gasteiger partial charge in [-0.3, -0.25) is 0 Å². The van der Waals surface area contributed by atoms with Crippen LogP contribution in [0, 0.1) is 0 Å². The molecular weight excluding hydrogens is 364 g/mol. The van der Waals surface area contributed by atoms with Gasteiger partial charge >= 0.3 is 0 Å². The second-order valence-corrected chi connectivity index (χ2v) is 6.65. The van der Waals surface area contributed by atoms with Crippen molar-refractivity contribution in [2.75, 3.05) is 19.8 Å². The van der Waals surface area contributed by atoms with Gasteiger partial charge in [-0.25, -0.2) is 0 Å². The van der Waals surface area contributed by atoms with Crippen LogP contribution in [0.5, 0.6) is 0 Å². The Morgan fingerprint density at radius 3 is 2.37 bits per heavy atom. The maximum absolute atomic E-state index is 10.3. The second kappa shape index (κ2) is 10.8. The maximum atomic E-state index is 10.3. The van der Waals surface area contributed by atoms with Crippen molar-refractivity contribution >= 4 is 0 Å². The van der Waals surface area contributed by atoms with E-state index in [1.165, 1.54) is 0 Å². The fraction of sp³-hybridized carbons (Fsp3) is 0.882. The minimum atomic E-state index is -1.64. The van der Waals surface area contributed by atoms with E-state index in [4.69, 9.17) is 18.9 Å². The standard InChI is InChI=1S/C17H30O10/c1-2-3-4-5-6-24-17-15(11(20)9(19)8-25-17)27-16-14(23)13(22)12(21)10(7-18)26-16/h4-5,9-23H,2-3,6-8H2,1H3/b5-4+/t9-,10+,11-,12+,13-,14+,15+,16-,17-/m0/s1. The van der Waals surface area contributed by atoms with E-state index >= 15 is 0 Å². The summed E-state index contributed by atoms with van der Waals surface area (Å²) in [5, 5.41) is 59.1. The summed E-state index contributed by atoms with van der Waals surface area (Å²) in [6.45, 7) is 1.44. The lowest BCUT2D eigenvalue weighted by molar-refractivity contribution is -0.356. The number of allylic oxidation sites excluding steroid dienone is 1. The minimum absolute atomic E-state index is 0.168. The Bertz CT molecular complexity index is 459. The van der Waals surface area contributed by atoms with Crippen LogP contribution in [0.2, 0.25) is 0 Å². The lowest BCUT2D eigenvalue weighted by Gasteiger charge is -2.44. The highest BCUT2D eigenvalue weighted by Gasteiger charge is 2.48. The molecule has 0 radical (unpaired) electrons. The highest BCUT2D eigenvalue weighted by Crippen LogP contribution is 2.27. The van der Waals surface area contributed by atoms with Crippen LogP contribution in [0.15, 0.2) is 12.2 Å². The van der Waals surface area contributed by atoms with Crippen LogP contribution in [0.3, 0.4) is 0 Å². The first kappa shape index (κ1) is 22.6. The highest BCUT2D eigenvalue weighted by atomic mass is 16.7. The van der Waals surface area contributed by atoms with Crippen LogP contribution in [0.25, 0.3) is 0 Å². The first-order chi connectivity index (χ1) is 12.9. The van der Waals surface area contributed by atoms with Crippen molar-refractivity contribution in [1.29, 1.82) is 0 Å². The minimum Gasteiger partial charge on any atom is -0.394 e. The zero-order chi connectivity index (χ0) is 20.0. The second-order valence-electron chi connectivity index (χ2n) is 6.65. The van der Waals surface area contributed by atoms with Crippen LogP contribution in [-0.4, -0.2) is 106 Å². The molecule has 0 bridgehead atoms. The van der Waals surface area contributed by atoms with Crippen LogP contribution in [-0.2, 0) is 18.9 Å². The van der Waals surface area contributed by atoms with E-state index < -0.39 is 61.9 Å². The van der Waals surface area contributed by atoms with Gasteiger partial charge in [0.05, 0.1) is 19.8 Å². The van der Waals surface area contributed by atoms with Gasteiger partial charge in [0.1, 0.15) is 42.7 Å². The molecule has 2 heterocycles.